The summed E-state index contributed by atoms with van der Waals surface area (Å²) in [6.45, 7) is 6.04. The minimum Gasteiger partial charge on any atom is -0.379 e. The quantitative estimate of drug-likeness (QED) is 0.261. The van der Waals surface area contributed by atoms with Crippen molar-refractivity contribution in [3.63, 3.8) is 0 Å². The van der Waals surface area contributed by atoms with E-state index < -0.39 is 4.92 Å². The highest BCUT2D eigenvalue weighted by Crippen LogP contribution is 2.25. The maximum atomic E-state index is 10.8. The molecule has 0 aromatic heterocycles. The smallest absolute Gasteiger partial charge is 0.269 e. The van der Waals surface area contributed by atoms with Crippen molar-refractivity contribution in [3.05, 3.63) is 64.2 Å². The molecular weight excluding hydrogens is 350 g/mol. The Morgan fingerprint density at radius 1 is 1.15 bits per heavy atom. The first kappa shape index (κ1) is 18.6. The predicted octanol–water partition coefficient (Wildman–Crippen LogP) is 4.06. The van der Waals surface area contributed by atoms with Crippen LogP contribution in [0.3, 0.4) is 0 Å². The molecule has 7 heteroatoms. The third-order valence-electron chi connectivity index (χ3n) is 4.03. The van der Waals surface area contributed by atoms with Gasteiger partial charge in [-0.3, -0.25) is 15.0 Å². The summed E-state index contributed by atoms with van der Waals surface area (Å²) in [5.41, 5.74) is 2.01. The number of hydrogen-bond acceptors (Lipinski definition) is 6. The van der Waals surface area contributed by atoms with Gasteiger partial charge in [0.15, 0.2) is 0 Å². The van der Waals surface area contributed by atoms with Crippen LogP contribution >= 0.6 is 11.8 Å². The fourth-order valence-electron chi connectivity index (χ4n) is 2.58. The van der Waals surface area contributed by atoms with E-state index in [1.165, 1.54) is 17.7 Å². The predicted molar refractivity (Wildman–Crippen MR) is 104 cm³/mol. The first-order chi connectivity index (χ1) is 12.6. The van der Waals surface area contributed by atoms with Crippen molar-refractivity contribution in [2.75, 3.05) is 32.8 Å². The molecule has 0 amide bonds. The zero-order valence-corrected chi connectivity index (χ0v) is 15.4. The molecule has 1 aliphatic heterocycles. The monoisotopic (exact) mass is 371 g/mol. The van der Waals surface area contributed by atoms with E-state index in [1.807, 2.05) is 0 Å². The summed E-state index contributed by atoms with van der Waals surface area (Å²) < 4.78 is 5.41. The van der Waals surface area contributed by atoms with E-state index in [4.69, 9.17) is 9.73 Å². The van der Waals surface area contributed by atoms with E-state index in [9.17, 15) is 10.1 Å². The molecule has 0 bridgehead atoms. The van der Waals surface area contributed by atoms with Crippen LogP contribution in [0, 0.1) is 17.0 Å². The van der Waals surface area contributed by atoms with Crippen LogP contribution in [-0.4, -0.2) is 47.7 Å². The molecule has 1 fully saturated rings. The van der Waals surface area contributed by atoms with Crippen molar-refractivity contribution in [3.8, 4) is 0 Å². The molecular formula is C19H21N3O3S. The number of aryl methyl sites for hydroxylation is 1. The molecule has 2 aromatic carbocycles. The van der Waals surface area contributed by atoms with Crippen molar-refractivity contribution < 1.29 is 9.66 Å². The van der Waals surface area contributed by atoms with Crippen LogP contribution in [0.5, 0.6) is 0 Å². The number of nitro groups is 1. The Labute approximate surface area is 157 Å². The summed E-state index contributed by atoms with van der Waals surface area (Å²) in [6, 6.07) is 14.7. The standard InChI is InChI=1S/C19H21N3O3S/c1-15-2-8-18(9-3-15)26-19(14-21-10-12-25-13-11-21)20-16-4-6-17(7-5-16)22(23)24/h2-9H,10-14H2,1H3. The number of thioether (sulfide) groups is 1. The van der Waals surface area contributed by atoms with Gasteiger partial charge in [-0.15, -0.1) is 0 Å². The number of non-ortho nitro benzene ring substituents is 1. The number of morpholine rings is 1. The maximum Gasteiger partial charge on any atom is 0.269 e. The third kappa shape index (κ3) is 5.39. The highest BCUT2D eigenvalue weighted by molar-refractivity contribution is 8.14. The van der Waals surface area contributed by atoms with Crippen molar-refractivity contribution in [2.24, 2.45) is 4.99 Å². The second-order valence-electron chi connectivity index (χ2n) is 6.08. The summed E-state index contributed by atoms with van der Waals surface area (Å²) in [4.78, 5) is 18.6. The Balaban J connectivity index is 1.80. The van der Waals surface area contributed by atoms with Gasteiger partial charge in [0.1, 0.15) is 0 Å². The van der Waals surface area contributed by atoms with Crippen molar-refractivity contribution >= 4 is 28.2 Å². The van der Waals surface area contributed by atoms with Crippen LogP contribution in [0.2, 0.25) is 0 Å². The molecule has 2 aromatic rings. The van der Waals surface area contributed by atoms with Gasteiger partial charge in [0.2, 0.25) is 0 Å². The second kappa shape index (κ2) is 8.93. The summed E-state index contributed by atoms with van der Waals surface area (Å²) in [7, 11) is 0. The third-order valence-corrected chi connectivity index (χ3v) is 5.00. The molecule has 1 aliphatic rings. The molecule has 1 saturated heterocycles. The maximum absolute atomic E-state index is 10.8. The lowest BCUT2D eigenvalue weighted by Gasteiger charge is -2.26. The molecule has 136 valence electrons. The molecule has 6 nitrogen and oxygen atoms in total. The fraction of sp³-hybridized carbons (Fsp3) is 0.316. The lowest BCUT2D eigenvalue weighted by atomic mass is 10.2. The van der Waals surface area contributed by atoms with Crippen LogP contribution in [-0.2, 0) is 4.74 Å². The van der Waals surface area contributed by atoms with E-state index in [-0.39, 0.29) is 5.69 Å². The number of aliphatic imine (C=N–C) groups is 1. The number of nitro benzene ring substituents is 1. The normalized spacial score (nSPS) is 15.8. The van der Waals surface area contributed by atoms with Gasteiger partial charge in [0.25, 0.3) is 5.69 Å². The summed E-state index contributed by atoms with van der Waals surface area (Å²) >= 11 is 1.63. The molecule has 0 N–H and O–H groups in total. The van der Waals surface area contributed by atoms with E-state index in [1.54, 1.807) is 23.9 Å². The topological polar surface area (TPSA) is 68.0 Å². The Kier molecular flexibility index (Phi) is 6.38. The van der Waals surface area contributed by atoms with Crippen LogP contribution in [0.25, 0.3) is 0 Å². The fourth-order valence-corrected chi connectivity index (χ4v) is 3.52. The first-order valence-electron chi connectivity index (χ1n) is 8.47. The van der Waals surface area contributed by atoms with Gasteiger partial charge >= 0.3 is 0 Å². The van der Waals surface area contributed by atoms with E-state index >= 15 is 0 Å². The Morgan fingerprint density at radius 2 is 1.81 bits per heavy atom. The average molecular weight is 371 g/mol. The van der Waals surface area contributed by atoms with E-state index in [2.05, 4.69) is 36.1 Å². The molecule has 0 atom stereocenters. The van der Waals surface area contributed by atoms with Gasteiger partial charge in [-0.25, -0.2) is 4.99 Å². The second-order valence-corrected chi connectivity index (χ2v) is 7.23. The minimum absolute atomic E-state index is 0.0740. The van der Waals surface area contributed by atoms with E-state index in [0.29, 0.717) is 0 Å². The highest BCUT2D eigenvalue weighted by atomic mass is 32.2. The summed E-state index contributed by atoms with van der Waals surface area (Å²) in [6.07, 6.45) is 0. The van der Waals surface area contributed by atoms with Crippen LogP contribution < -0.4 is 0 Å². The van der Waals surface area contributed by atoms with Gasteiger partial charge in [0.05, 0.1) is 28.9 Å². The molecule has 1 heterocycles. The minimum atomic E-state index is -0.400. The molecule has 0 unspecified atom stereocenters. The summed E-state index contributed by atoms with van der Waals surface area (Å²) in [5.74, 6) is 0. The van der Waals surface area contributed by atoms with E-state index in [0.717, 1.165) is 48.5 Å². The molecule has 3 rings (SSSR count). The molecule has 0 radical (unpaired) electrons. The Hall–Kier alpha value is -2.22. The number of rotatable bonds is 5. The lowest BCUT2D eigenvalue weighted by Crippen LogP contribution is -2.39. The van der Waals surface area contributed by atoms with Crippen LogP contribution in [0.1, 0.15) is 5.56 Å². The lowest BCUT2D eigenvalue weighted by molar-refractivity contribution is -0.384. The molecule has 26 heavy (non-hydrogen) atoms. The SMILES string of the molecule is Cc1ccc(SC(CN2CCOCC2)=Nc2ccc([N+](=O)[O-])cc2)cc1. The van der Waals surface area contributed by atoms with Crippen molar-refractivity contribution in [2.45, 2.75) is 11.8 Å². The first-order valence-corrected chi connectivity index (χ1v) is 9.28. The van der Waals surface area contributed by atoms with Crippen molar-refractivity contribution in [1.82, 2.24) is 4.90 Å². The van der Waals surface area contributed by atoms with Gasteiger partial charge in [-0.2, -0.15) is 0 Å². The van der Waals surface area contributed by atoms with Crippen molar-refractivity contribution in [1.29, 1.82) is 0 Å². The van der Waals surface area contributed by atoms with Crippen LogP contribution in [0.4, 0.5) is 11.4 Å². The summed E-state index contributed by atoms with van der Waals surface area (Å²) in [5, 5.41) is 11.8. The number of ether oxygens (including phenoxy) is 1. The number of hydrogen-bond donors (Lipinski definition) is 0. The zero-order valence-electron chi connectivity index (χ0n) is 14.6. The Morgan fingerprint density at radius 3 is 2.42 bits per heavy atom. The molecule has 0 aliphatic carbocycles. The Bertz CT molecular complexity index is 770. The van der Waals surface area contributed by atoms with Gasteiger partial charge < -0.3 is 4.74 Å². The number of nitrogens with zero attached hydrogens (tertiary/aromatic N) is 3. The van der Waals surface area contributed by atoms with Gasteiger partial charge in [0, 0.05) is 36.7 Å². The average Bonchev–Trinajstić information content (AvgIpc) is 2.65. The van der Waals surface area contributed by atoms with Gasteiger partial charge in [-0.1, -0.05) is 29.5 Å². The highest BCUT2D eigenvalue weighted by Gasteiger charge is 2.14. The number of benzene rings is 2. The van der Waals surface area contributed by atoms with Crippen LogP contribution in [0.15, 0.2) is 58.4 Å². The molecule has 0 spiro atoms. The zero-order chi connectivity index (χ0) is 18.4. The molecule has 0 saturated carbocycles. The largest absolute Gasteiger partial charge is 0.379 e. The van der Waals surface area contributed by atoms with Gasteiger partial charge in [-0.05, 0) is 31.2 Å².